The fraction of sp³-hybridized carbons (Fsp3) is 0.278. The molecule has 0 saturated heterocycles. The van der Waals surface area contributed by atoms with Crippen LogP contribution in [-0.4, -0.2) is 29.4 Å². The van der Waals surface area contributed by atoms with E-state index in [9.17, 15) is 9.90 Å². The molecule has 2 atom stereocenters. The third-order valence-corrected chi connectivity index (χ3v) is 5.36. The van der Waals surface area contributed by atoms with Crippen LogP contribution in [0.25, 0.3) is 0 Å². The molecule has 2 N–H and O–H groups in total. The Kier molecular flexibility index (Phi) is 5.85. The minimum atomic E-state index is -0.841. The Bertz CT molecular complexity index is 795. The number of ether oxygens (including phenoxy) is 2. The summed E-state index contributed by atoms with van der Waals surface area (Å²) < 4.78 is 13.4. The second-order valence-electron chi connectivity index (χ2n) is 5.77. The Balaban J connectivity index is 1.85. The van der Waals surface area contributed by atoms with E-state index in [0.29, 0.717) is 18.1 Å². The standard InChI is InChI=1S/C18H16BrIO5/c19-12-3-1-2-10(4-12)17(8-21)25-16-7-15-13(6-14(16)20)11(9-24-15)5-18(22)23/h1-4,6-7,11,17,21H,5,8-9H2,(H,22,23)/t11-,17?/m1/s1. The molecular formula is C18H16BrIO5. The first-order valence-corrected chi connectivity index (χ1v) is 9.56. The maximum absolute atomic E-state index is 11.0. The van der Waals surface area contributed by atoms with Crippen molar-refractivity contribution in [2.24, 2.45) is 0 Å². The molecule has 0 saturated carbocycles. The summed E-state index contributed by atoms with van der Waals surface area (Å²) in [5.41, 5.74) is 1.75. The number of hydrogen-bond donors (Lipinski definition) is 2. The lowest BCUT2D eigenvalue weighted by Crippen LogP contribution is -2.13. The molecule has 25 heavy (non-hydrogen) atoms. The maximum atomic E-state index is 11.0. The lowest BCUT2D eigenvalue weighted by Gasteiger charge is -2.19. The summed E-state index contributed by atoms with van der Waals surface area (Å²) in [4.78, 5) is 11.0. The molecule has 0 radical (unpaired) electrons. The highest BCUT2D eigenvalue weighted by Crippen LogP contribution is 2.41. The number of halogens is 2. The van der Waals surface area contributed by atoms with Gasteiger partial charge in [0.2, 0.25) is 0 Å². The zero-order valence-electron chi connectivity index (χ0n) is 13.1. The average molecular weight is 519 g/mol. The van der Waals surface area contributed by atoms with Crippen molar-refractivity contribution in [2.45, 2.75) is 18.4 Å². The minimum Gasteiger partial charge on any atom is -0.492 e. The van der Waals surface area contributed by atoms with Crippen LogP contribution in [0.1, 0.15) is 29.6 Å². The van der Waals surface area contributed by atoms with Crippen molar-refractivity contribution in [1.82, 2.24) is 0 Å². The number of rotatable bonds is 6. The molecule has 2 aromatic carbocycles. The number of carbonyl (C=O) groups is 1. The number of fused-ring (bicyclic) bond motifs is 1. The first-order valence-electron chi connectivity index (χ1n) is 7.69. The summed E-state index contributed by atoms with van der Waals surface area (Å²) >= 11 is 5.57. The van der Waals surface area contributed by atoms with Gasteiger partial charge in [-0.3, -0.25) is 4.79 Å². The van der Waals surface area contributed by atoms with Gasteiger partial charge in [0.05, 0.1) is 23.2 Å². The summed E-state index contributed by atoms with van der Waals surface area (Å²) in [6.45, 7) is 0.197. The van der Waals surface area contributed by atoms with Gasteiger partial charge in [-0.15, -0.1) is 0 Å². The second-order valence-corrected chi connectivity index (χ2v) is 7.85. The number of aliphatic carboxylic acids is 1. The molecule has 1 aliphatic heterocycles. The monoisotopic (exact) mass is 518 g/mol. The van der Waals surface area contributed by atoms with Crippen LogP contribution in [0.3, 0.4) is 0 Å². The topological polar surface area (TPSA) is 76.0 Å². The van der Waals surface area contributed by atoms with Crippen LogP contribution in [0.2, 0.25) is 0 Å². The van der Waals surface area contributed by atoms with Crippen LogP contribution in [0, 0.1) is 3.57 Å². The Morgan fingerprint density at radius 3 is 2.88 bits per heavy atom. The van der Waals surface area contributed by atoms with E-state index in [0.717, 1.165) is 19.2 Å². The van der Waals surface area contributed by atoms with E-state index >= 15 is 0 Å². The minimum absolute atomic E-state index is 0.0423. The Morgan fingerprint density at radius 1 is 1.40 bits per heavy atom. The van der Waals surface area contributed by atoms with Gasteiger partial charge in [0, 0.05) is 22.0 Å². The molecule has 1 heterocycles. The average Bonchev–Trinajstić information content (AvgIpc) is 2.93. The first-order chi connectivity index (χ1) is 12.0. The molecule has 0 fully saturated rings. The molecule has 1 aliphatic rings. The zero-order chi connectivity index (χ0) is 18.0. The van der Waals surface area contributed by atoms with Crippen molar-refractivity contribution in [3.8, 4) is 11.5 Å². The van der Waals surface area contributed by atoms with Gasteiger partial charge in [-0.1, -0.05) is 28.1 Å². The lowest BCUT2D eigenvalue weighted by atomic mass is 9.98. The van der Waals surface area contributed by atoms with Crippen LogP contribution in [0.4, 0.5) is 0 Å². The van der Waals surface area contributed by atoms with Gasteiger partial charge in [-0.05, 0) is 46.4 Å². The fourth-order valence-electron chi connectivity index (χ4n) is 2.82. The summed E-state index contributed by atoms with van der Waals surface area (Å²) in [5.74, 6) is 0.266. The van der Waals surface area contributed by atoms with E-state index in [1.807, 2.05) is 30.3 Å². The van der Waals surface area contributed by atoms with Gasteiger partial charge >= 0.3 is 5.97 Å². The number of hydrogen-bond acceptors (Lipinski definition) is 4. The molecule has 0 aromatic heterocycles. The highest BCUT2D eigenvalue weighted by molar-refractivity contribution is 14.1. The summed E-state index contributed by atoms with van der Waals surface area (Å²) in [5, 5.41) is 18.7. The van der Waals surface area contributed by atoms with E-state index in [4.69, 9.17) is 14.6 Å². The van der Waals surface area contributed by atoms with E-state index in [-0.39, 0.29) is 18.9 Å². The number of aliphatic hydroxyl groups is 1. The Hall–Kier alpha value is -1.32. The number of carboxylic acid groups (broad SMARTS) is 1. The lowest BCUT2D eigenvalue weighted by molar-refractivity contribution is -0.137. The summed E-state index contributed by atoms with van der Waals surface area (Å²) in [6, 6.07) is 11.3. The third kappa shape index (κ3) is 4.27. The van der Waals surface area contributed by atoms with Gasteiger partial charge in [0.15, 0.2) is 0 Å². The first kappa shape index (κ1) is 18.5. The second kappa shape index (κ2) is 7.92. The molecule has 7 heteroatoms. The smallest absolute Gasteiger partial charge is 0.304 e. The molecule has 0 bridgehead atoms. The van der Waals surface area contributed by atoms with Crippen LogP contribution in [-0.2, 0) is 4.79 Å². The van der Waals surface area contributed by atoms with Gasteiger partial charge in [-0.2, -0.15) is 0 Å². The SMILES string of the molecule is O=C(O)C[C@@H]1COc2cc(OC(CO)c3cccc(Br)c3)c(I)cc21. The van der Waals surface area contributed by atoms with E-state index < -0.39 is 12.1 Å². The molecular weight excluding hydrogens is 503 g/mol. The highest BCUT2D eigenvalue weighted by Gasteiger charge is 2.28. The van der Waals surface area contributed by atoms with Crippen LogP contribution in [0.15, 0.2) is 40.9 Å². The summed E-state index contributed by atoms with van der Waals surface area (Å²) in [7, 11) is 0. The van der Waals surface area contributed by atoms with Gasteiger partial charge < -0.3 is 19.7 Å². The van der Waals surface area contributed by atoms with Crippen molar-refractivity contribution in [3.63, 3.8) is 0 Å². The van der Waals surface area contributed by atoms with Crippen molar-refractivity contribution < 1.29 is 24.5 Å². The van der Waals surface area contributed by atoms with Crippen LogP contribution >= 0.6 is 38.5 Å². The normalized spacial score (nSPS) is 16.8. The third-order valence-electron chi connectivity index (χ3n) is 4.02. The molecule has 5 nitrogen and oxygen atoms in total. The molecule has 0 spiro atoms. The largest absolute Gasteiger partial charge is 0.492 e. The molecule has 0 amide bonds. The van der Waals surface area contributed by atoms with Crippen molar-refractivity contribution in [3.05, 3.63) is 55.6 Å². The summed E-state index contributed by atoms with van der Waals surface area (Å²) in [6.07, 6.45) is -0.457. The van der Waals surface area contributed by atoms with E-state index in [1.165, 1.54) is 0 Å². The predicted octanol–water partition coefficient (Wildman–Crippen LogP) is 4.12. The quantitative estimate of drug-likeness (QED) is 0.563. The van der Waals surface area contributed by atoms with Crippen molar-refractivity contribution in [1.29, 1.82) is 0 Å². The van der Waals surface area contributed by atoms with E-state index in [1.54, 1.807) is 6.07 Å². The Labute approximate surface area is 167 Å². The number of benzene rings is 2. The van der Waals surface area contributed by atoms with Gasteiger partial charge in [-0.25, -0.2) is 0 Å². The van der Waals surface area contributed by atoms with Gasteiger partial charge in [0.25, 0.3) is 0 Å². The van der Waals surface area contributed by atoms with E-state index in [2.05, 4.69) is 38.5 Å². The zero-order valence-corrected chi connectivity index (χ0v) is 16.9. The molecule has 2 aromatic rings. The van der Waals surface area contributed by atoms with Crippen LogP contribution in [0.5, 0.6) is 11.5 Å². The highest BCUT2D eigenvalue weighted by atomic mass is 127. The maximum Gasteiger partial charge on any atom is 0.304 e. The van der Waals surface area contributed by atoms with Crippen molar-refractivity contribution in [2.75, 3.05) is 13.2 Å². The number of aliphatic hydroxyl groups excluding tert-OH is 1. The molecule has 3 rings (SSSR count). The van der Waals surface area contributed by atoms with Crippen LogP contribution < -0.4 is 9.47 Å². The number of carboxylic acids is 1. The van der Waals surface area contributed by atoms with Crippen molar-refractivity contribution >= 4 is 44.5 Å². The molecule has 0 aliphatic carbocycles. The molecule has 132 valence electrons. The predicted molar refractivity (Wildman–Crippen MR) is 104 cm³/mol. The van der Waals surface area contributed by atoms with Gasteiger partial charge in [0.1, 0.15) is 17.6 Å². The Morgan fingerprint density at radius 2 is 2.20 bits per heavy atom. The molecule has 1 unspecified atom stereocenters. The fourth-order valence-corrected chi connectivity index (χ4v) is 3.85.